The maximum absolute atomic E-state index is 11.7. The van der Waals surface area contributed by atoms with Crippen molar-refractivity contribution in [3.8, 4) is 11.5 Å². The molecule has 0 heterocycles. The smallest absolute Gasteiger partial charge is 0.407 e. The topological polar surface area (TPSA) is 90.8 Å². The van der Waals surface area contributed by atoms with Crippen LogP contribution in [0.1, 0.15) is 51.7 Å². The van der Waals surface area contributed by atoms with Gasteiger partial charge in [0.25, 0.3) is 0 Å². The third-order valence-electron chi connectivity index (χ3n) is 4.04. The van der Waals surface area contributed by atoms with Crippen molar-refractivity contribution in [2.75, 3.05) is 11.3 Å². The third kappa shape index (κ3) is 7.42. The van der Waals surface area contributed by atoms with Crippen LogP contribution < -0.4 is 10.0 Å². The molecule has 2 rings (SSSR count). The van der Waals surface area contributed by atoms with Gasteiger partial charge in [0, 0.05) is 18.3 Å². The van der Waals surface area contributed by atoms with E-state index in [-0.39, 0.29) is 17.4 Å². The maximum atomic E-state index is 11.7. The van der Waals surface area contributed by atoms with Gasteiger partial charge in [-0.05, 0) is 74.4 Å². The number of nitrogens with one attached hydrogen (secondary N) is 2. The molecule has 158 valence electrons. The van der Waals surface area contributed by atoms with Crippen LogP contribution in [0, 0.1) is 0 Å². The van der Waals surface area contributed by atoms with Gasteiger partial charge in [0.05, 0.1) is 4.90 Å². The first-order chi connectivity index (χ1) is 13.5. The Hall–Kier alpha value is -2.54. The number of carbonyl (C=O) groups is 1. The molecule has 0 atom stereocenters. The Morgan fingerprint density at radius 1 is 1.10 bits per heavy atom. The quantitative estimate of drug-likeness (QED) is 0.450. The van der Waals surface area contributed by atoms with Crippen molar-refractivity contribution in [3.63, 3.8) is 0 Å². The largest absolute Gasteiger partial charge is 0.508 e. The monoisotopic (exact) mass is 418 g/mol. The highest BCUT2D eigenvalue weighted by atomic mass is 32.2. The summed E-state index contributed by atoms with van der Waals surface area (Å²) in [6.07, 6.45) is 0.282. The Bertz CT molecular complexity index is 830. The summed E-state index contributed by atoms with van der Waals surface area (Å²) < 4.78 is 8.41. The Kier molecular flexibility index (Phi) is 7.67. The van der Waals surface area contributed by atoms with Crippen LogP contribution in [0.3, 0.4) is 0 Å². The Morgan fingerprint density at radius 3 is 2.34 bits per heavy atom. The molecule has 6 nitrogen and oxygen atoms in total. The van der Waals surface area contributed by atoms with Crippen molar-refractivity contribution in [2.24, 2.45) is 0 Å². The predicted octanol–water partition coefficient (Wildman–Crippen LogP) is 5.41. The Balaban J connectivity index is 1.87. The highest BCUT2D eigenvalue weighted by molar-refractivity contribution is 8.00. The van der Waals surface area contributed by atoms with Gasteiger partial charge in [-0.2, -0.15) is 0 Å². The van der Waals surface area contributed by atoms with Gasteiger partial charge in [0.15, 0.2) is 0 Å². The normalized spacial score (nSPS) is 11.4. The molecule has 4 N–H and O–H groups in total. The first-order valence-electron chi connectivity index (χ1n) is 9.59. The molecule has 0 unspecified atom stereocenters. The van der Waals surface area contributed by atoms with E-state index >= 15 is 0 Å². The number of alkyl carbamates (subject to hydrolysis) is 1. The number of carbonyl (C=O) groups excluding carboxylic acids is 1. The van der Waals surface area contributed by atoms with E-state index in [1.807, 2.05) is 58.9 Å². The number of hydrogen-bond acceptors (Lipinski definition) is 6. The molecule has 0 spiro atoms. The summed E-state index contributed by atoms with van der Waals surface area (Å²) in [5.74, 6) is 0.295. The predicted molar refractivity (Wildman–Crippen MR) is 118 cm³/mol. The van der Waals surface area contributed by atoms with Gasteiger partial charge < -0.3 is 25.0 Å². The van der Waals surface area contributed by atoms with Crippen molar-refractivity contribution in [1.29, 1.82) is 0 Å². The summed E-state index contributed by atoms with van der Waals surface area (Å²) in [7, 11) is 0. The summed E-state index contributed by atoms with van der Waals surface area (Å²) in [6.45, 7) is 9.97. The Labute approximate surface area is 176 Å². The van der Waals surface area contributed by atoms with Crippen LogP contribution in [0.4, 0.5) is 10.5 Å². The summed E-state index contributed by atoms with van der Waals surface area (Å²) >= 11 is 1.29. The fourth-order valence-electron chi connectivity index (χ4n) is 2.59. The SMILES string of the molecule is CC(C)c1cc(SNc2ccc(CCNC(=O)OC(C)(C)C)cc2)c(O)cc1O. The molecule has 2 aromatic rings. The summed E-state index contributed by atoms with van der Waals surface area (Å²) in [4.78, 5) is 12.3. The van der Waals surface area contributed by atoms with Crippen LogP contribution in [0.25, 0.3) is 0 Å². The van der Waals surface area contributed by atoms with Crippen LogP contribution in [-0.2, 0) is 11.2 Å². The second-order valence-corrected chi connectivity index (χ2v) is 8.96. The lowest BCUT2D eigenvalue weighted by Crippen LogP contribution is -2.33. The first kappa shape index (κ1) is 22.7. The van der Waals surface area contributed by atoms with E-state index in [1.165, 1.54) is 18.0 Å². The first-order valence-corrected chi connectivity index (χ1v) is 10.4. The average Bonchev–Trinajstić information content (AvgIpc) is 2.60. The fourth-order valence-corrected chi connectivity index (χ4v) is 3.31. The van der Waals surface area contributed by atoms with Crippen LogP contribution in [0.15, 0.2) is 41.3 Å². The van der Waals surface area contributed by atoms with E-state index in [0.717, 1.165) is 16.8 Å². The second kappa shape index (κ2) is 9.78. The average molecular weight is 419 g/mol. The van der Waals surface area contributed by atoms with Gasteiger partial charge >= 0.3 is 6.09 Å². The van der Waals surface area contributed by atoms with Gasteiger partial charge in [-0.25, -0.2) is 4.79 Å². The highest BCUT2D eigenvalue weighted by Crippen LogP contribution is 2.37. The molecular formula is C22H30N2O4S. The molecule has 0 aromatic heterocycles. The summed E-state index contributed by atoms with van der Waals surface area (Å²) in [5.41, 5.74) is 2.26. The van der Waals surface area contributed by atoms with E-state index in [1.54, 1.807) is 6.07 Å². The van der Waals surface area contributed by atoms with Gasteiger partial charge in [-0.15, -0.1) is 0 Å². The molecule has 0 aliphatic heterocycles. The molecule has 0 aliphatic carbocycles. The van der Waals surface area contributed by atoms with Crippen molar-refractivity contribution >= 4 is 23.7 Å². The molecule has 7 heteroatoms. The minimum Gasteiger partial charge on any atom is -0.508 e. The van der Waals surface area contributed by atoms with Gasteiger partial charge in [-0.1, -0.05) is 26.0 Å². The number of aromatic hydroxyl groups is 2. The fraction of sp³-hybridized carbons (Fsp3) is 0.409. The maximum Gasteiger partial charge on any atom is 0.407 e. The van der Waals surface area contributed by atoms with Crippen molar-refractivity contribution in [3.05, 3.63) is 47.5 Å². The van der Waals surface area contributed by atoms with Crippen molar-refractivity contribution in [2.45, 2.75) is 57.5 Å². The zero-order chi connectivity index (χ0) is 21.6. The molecule has 0 saturated carbocycles. The number of amides is 1. The molecule has 0 radical (unpaired) electrons. The second-order valence-electron chi connectivity index (χ2n) is 8.11. The number of ether oxygens (including phenoxy) is 1. The number of anilines is 1. The molecule has 0 saturated heterocycles. The molecular weight excluding hydrogens is 388 g/mol. The molecule has 1 amide bonds. The molecule has 0 bridgehead atoms. The highest BCUT2D eigenvalue weighted by Gasteiger charge is 2.15. The van der Waals surface area contributed by atoms with Crippen LogP contribution in [-0.4, -0.2) is 28.5 Å². The number of phenols is 2. The lowest BCUT2D eigenvalue weighted by Gasteiger charge is -2.19. The lowest BCUT2D eigenvalue weighted by molar-refractivity contribution is 0.0528. The number of benzene rings is 2. The van der Waals surface area contributed by atoms with Gasteiger partial charge in [0.2, 0.25) is 0 Å². The van der Waals surface area contributed by atoms with Crippen LogP contribution >= 0.6 is 11.9 Å². The van der Waals surface area contributed by atoms with Crippen LogP contribution in [0.5, 0.6) is 11.5 Å². The zero-order valence-corrected chi connectivity index (χ0v) is 18.4. The van der Waals surface area contributed by atoms with Crippen molar-refractivity contribution < 1.29 is 19.7 Å². The van der Waals surface area contributed by atoms with E-state index in [0.29, 0.717) is 17.9 Å². The molecule has 2 aromatic carbocycles. The number of phenolic OH excluding ortho intramolecular Hbond substituents is 2. The molecule has 0 fully saturated rings. The lowest BCUT2D eigenvalue weighted by atomic mass is 10.0. The van der Waals surface area contributed by atoms with Crippen LogP contribution in [0.2, 0.25) is 0 Å². The standard InChI is InChI=1S/C22H30N2O4S/c1-14(2)17-12-20(19(26)13-18(17)25)29-24-16-8-6-15(7-9-16)10-11-23-21(27)28-22(3,4)5/h6-9,12-14,24-26H,10-11H2,1-5H3,(H,23,27). The van der Waals surface area contributed by atoms with Crippen molar-refractivity contribution in [1.82, 2.24) is 5.32 Å². The number of hydrogen-bond donors (Lipinski definition) is 4. The summed E-state index contributed by atoms with van der Waals surface area (Å²) in [5, 5.41) is 22.8. The number of rotatable bonds is 7. The van der Waals surface area contributed by atoms with E-state index < -0.39 is 11.7 Å². The minimum absolute atomic E-state index is 0.0363. The van der Waals surface area contributed by atoms with E-state index in [2.05, 4.69) is 10.0 Å². The minimum atomic E-state index is -0.503. The van der Waals surface area contributed by atoms with Gasteiger partial charge in [-0.3, -0.25) is 0 Å². The summed E-state index contributed by atoms with van der Waals surface area (Å²) in [6, 6.07) is 11.0. The van der Waals surface area contributed by atoms with Gasteiger partial charge in [0.1, 0.15) is 17.1 Å². The van der Waals surface area contributed by atoms with E-state index in [9.17, 15) is 15.0 Å². The molecule has 29 heavy (non-hydrogen) atoms. The zero-order valence-electron chi connectivity index (χ0n) is 17.6. The Morgan fingerprint density at radius 2 is 1.76 bits per heavy atom. The van der Waals surface area contributed by atoms with E-state index in [4.69, 9.17) is 4.74 Å². The molecule has 0 aliphatic rings. The third-order valence-corrected chi connectivity index (χ3v) is 4.93.